The Bertz CT molecular complexity index is 1070. The summed E-state index contributed by atoms with van der Waals surface area (Å²) in [5.74, 6) is 0.0171. The van der Waals surface area contributed by atoms with Gasteiger partial charge in [-0.3, -0.25) is 4.79 Å². The molecule has 0 spiro atoms. The molecule has 1 atom stereocenters. The molecule has 3 aromatic rings. The second kappa shape index (κ2) is 10.5. The Labute approximate surface area is 188 Å². The largest absolute Gasteiger partial charge is 0.495 e. The zero-order valence-electron chi connectivity index (χ0n) is 18.7. The van der Waals surface area contributed by atoms with E-state index in [1.807, 2.05) is 51.1 Å². The number of amides is 1. The molecule has 0 fully saturated rings. The molecule has 0 radical (unpaired) electrons. The van der Waals surface area contributed by atoms with Crippen molar-refractivity contribution in [2.24, 2.45) is 0 Å². The molecule has 0 aliphatic rings. The molecule has 3 aromatic carbocycles. The summed E-state index contributed by atoms with van der Waals surface area (Å²) in [6.45, 7) is 5.41. The number of ether oxygens (including phenoxy) is 3. The van der Waals surface area contributed by atoms with Gasteiger partial charge in [-0.05, 0) is 49.6 Å². The average molecular weight is 434 g/mol. The fourth-order valence-corrected chi connectivity index (χ4v) is 3.34. The van der Waals surface area contributed by atoms with Gasteiger partial charge in [0.2, 0.25) is 6.10 Å². The van der Waals surface area contributed by atoms with Gasteiger partial charge in [0.05, 0.1) is 12.8 Å². The summed E-state index contributed by atoms with van der Waals surface area (Å²) >= 11 is 0. The average Bonchev–Trinajstić information content (AvgIpc) is 2.78. The van der Waals surface area contributed by atoms with Crippen molar-refractivity contribution in [2.45, 2.75) is 26.9 Å². The highest BCUT2D eigenvalue weighted by Crippen LogP contribution is 2.28. The SMILES string of the molecule is COc1ccc(C)cc1NC(=O)C(OC(=O)COc1c(C)cccc1C)c1ccccc1. The van der Waals surface area contributed by atoms with E-state index in [0.717, 1.165) is 16.7 Å². The Balaban J connectivity index is 1.77. The monoisotopic (exact) mass is 433 g/mol. The van der Waals surface area contributed by atoms with E-state index in [4.69, 9.17) is 14.2 Å². The Hall–Kier alpha value is -3.80. The molecule has 0 saturated heterocycles. The van der Waals surface area contributed by atoms with Crippen LogP contribution in [0.4, 0.5) is 5.69 Å². The Morgan fingerprint density at radius 3 is 2.25 bits per heavy atom. The van der Waals surface area contributed by atoms with Crippen LogP contribution in [0.2, 0.25) is 0 Å². The van der Waals surface area contributed by atoms with E-state index >= 15 is 0 Å². The standard InChI is InChI=1S/C26H27NO5/c1-17-13-14-22(30-4)21(15-17)27-26(29)25(20-11-6-5-7-12-20)32-23(28)16-31-24-18(2)9-8-10-19(24)3/h5-15,25H,16H2,1-4H3,(H,27,29). The van der Waals surface area contributed by atoms with Gasteiger partial charge in [-0.2, -0.15) is 0 Å². The summed E-state index contributed by atoms with van der Waals surface area (Å²) in [5, 5.41) is 2.82. The number of nitrogens with one attached hydrogen (secondary N) is 1. The van der Waals surface area contributed by atoms with Gasteiger partial charge in [-0.15, -0.1) is 0 Å². The van der Waals surface area contributed by atoms with Gasteiger partial charge >= 0.3 is 5.97 Å². The van der Waals surface area contributed by atoms with Crippen LogP contribution in [-0.4, -0.2) is 25.6 Å². The minimum absolute atomic E-state index is 0.309. The van der Waals surface area contributed by atoms with Crippen molar-refractivity contribution >= 4 is 17.6 Å². The van der Waals surface area contributed by atoms with Crippen LogP contribution in [0.5, 0.6) is 11.5 Å². The molecule has 6 heteroatoms. The van der Waals surface area contributed by atoms with E-state index in [1.165, 1.54) is 7.11 Å². The molecule has 0 aliphatic heterocycles. The molecule has 6 nitrogen and oxygen atoms in total. The number of aryl methyl sites for hydroxylation is 3. The number of methoxy groups -OCH3 is 1. The van der Waals surface area contributed by atoms with E-state index in [-0.39, 0.29) is 6.61 Å². The summed E-state index contributed by atoms with van der Waals surface area (Å²) in [6.07, 6.45) is -1.14. The second-order valence-electron chi connectivity index (χ2n) is 7.48. The lowest BCUT2D eigenvalue weighted by Crippen LogP contribution is -2.28. The maximum Gasteiger partial charge on any atom is 0.345 e. The topological polar surface area (TPSA) is 73.9 Å². The first-order valence-electron chi connectivity index (χ1n) is 10.3. The lowest BCUT2D eigenvalue weighted by Gasteiger charge is -2.20. The number of hydrogen-bond donors (Lipinski definition) is 1. The Morgan fingerprint density at radius 1 is 0.906 bits per heavy atom. The molecule has 1 N–H and O–H groups in total. The van der Waals surface area contributed by atoms with E-state index in [9.17, 15) is 9.59 Å². The number of anilines is 1. The molecule has 166 valence electrons. The molecule has 32 heavy (non-hydrogen) atoms. The van der Waals surface area contributed by atoms with Crippen LogP contribution in [0.1, 0.15) is 28.4 Å². The third-order valence-electron chi connectivity index (χ3n) is 4.95. The van der Waals surface area contributed by atoms with Gasteiger partial charge in [-0.1, -0.05) is 54.6 Å². The predicted molar refractivity (Wildman–Crippen MR) is 123 cm³/mol. The lowest BCUT2D eigenvalue weighted by atomic mass is 10.1. The molecule has 0 aliphatic carbocycles. The van der Waals surface area contributed by atoms with Gasteiger partial charge in [0.15, 0.2) is 6.61 Å². The maximum absolute atomic E-state index is 13.1. The Morgan fingerprint density at radius 2 is 1.59 bits per heavy atom. The highest BCUT2D eigenvalue weighted by Gasteiger charge is 2.26. The van der Waals surface area contributed by atoms with Crippen molar-refractivity contribution in [1.82, 2.24) is 0 Å². The summed E-state index contributed by atoms with van der Waals surface area (Å²) < 4.78 is 16.6. The van der Waals surface area contributed by atoms with Gasteiger partial charge in [-0.25, -0.2) is 4.79 Å². The van der Waals surface area contributed by atoms with Gasteiger partial charge < -0.3 is 19.5 Å². The van der Waals surface area contributed by atoms with E-state index in [1.54, 1.807) is 36.4 Å². The van der Waals surface area contributed by atoms with Crippen LogP contribution in [0.3, 0.4) is 0 Å². The van der Waals surface area contributed by atoms with E-state index in [2.05, 4.69) is 5.32 Å². The summed E-state index contributed by atoms with van der Waals surface area (Å²) in [7, 11) is 1.53. The van der Waals surface area contributed by atoms with Gasteiger partial charge in [0, 0.05) is 5.56 Å². The molecule has 0 heterocycles. The zero-order valence-corrected chi connectivity index (χ0v) is 18.7. The fourth-order valence-electron chi connectivity index (χ4n) is 3.34. The van der Waals surface area contributed by atoms with Crippen LogP contribution in [-0.2, 0) is 14.3 Å². The van der Waals surface area contributed by atoms with Crippen molar-refractivity contribution in [3.05, 3.63) is 89.0 Å². The smallest absolute Gasteiger partial charge is 0.345 e. The highest BCUT2D eigenvalue weighted by atomic mass is 16.6. The first-order valence-corrected chi connectivity index (χ1v) is 10.3. The number of carbonyl (C=O) groups excluding carboxylic acids is 2. The van der Waals surface area contributed by atoms with Crippen molar-refractivity contribution in [2.75, 3.05) is 19.0 Å². The van der Waals surface area contributed by atoms with Crippen molar-refractivity contribution in [3.8, 4) is 11.5 Å². The zero-order chi connectivity index (χ0) is 23.1. The van der Waals surface area contributed by atoms with Gasteiger partial charge in [0.1, 0.15) is 11.5 Å². The molecule has 1 amide bonds. The Kier molecular flexibility index (Phi) is 7.49. The van der Waals surface area contributed by atoms with E-state index in [0.29, 0.717) is 22.7 Å². The highest BCUT2D eigenvalue weighted by molar-refractivity contribution is 5.97. The molecule has 1 unspecified atom stereocenters. The molecule has 0 saturated carbocycles. The second-order valence-corrected chi connectivity index (χ2v) is 7.48. The predicted octanol–water partition coefficient (Wildman–Crippen LogP) is 4.92. The minimum Gasteiger partial charge on any atom is -0.495 e. The van der Waals surface area contributed by atoms with Crippen molar-refractivity contribution in [3.63, 3.8) is 0 Å². The molecule has 0 bridgehead atoms. The third-order valence-corrected chi connectivity index (χ3v) is 4.95. The van der Waals surface area contributed by atoms with Crippen LogP contribution in [0.15, 0.2) is 66.7 Å². The summed E-state index contributed by atoms with van der Waals surface area (Å²) in [6, 6.07) is 20.0. The summed E-state index contributed by atoms with van der Waals surface area (Å²) in [5.41, 5.74) is 3.85. The van der Waals surface area contributed by atoms with Crippen LogP contribution < -0.4 is 14.8 Å². The number of para-hydroxylation sites is 1. The molecule has 3 rings (SSSR count). The van der Waals surface area contributed by atoms with Gasteiger partial charge in [0.25, 0.3) is 5.91 Å². The van der Waals surface area contributed by atoms with Crippen LogP contribution >= 0.6 is 0 Å². The summed E-state index contributed by atoms with van der Waals surface area (Å²) in [4.78, 5) is 25.7. The number of hydrogen-bond acceptors (Lipinski definition) is 5. The third kappa shape index (κ3) is 5.66. The number of rotatable bonds is 8. The lowest BCUT2D eigenvalue weighted by molar-refractivity contribution is -0.156. The van der Waals surface area contributed by atoms with Crippen molar-refractivity contribution in [1.29, 1.82) is 0 Å². The fraction of sp³-hybridized carbons (Fsp3) is 0.231. The van der Waals surface area contributed by atoms with E-state index < -0.39 is 18.0 Å². The number of esters is 1. The first-order chi connectivity index (χ1) is 15.4. The molecule has 0 aromatic heterocycles. The maximum atomic E-state index is 13.1. The van der Waals surface area contributed by atoms with Crippen LogP contribution in [0.25, 0.3) is 0 Å². The molecular weight excluding hydrogens is 406 g/mol. The number of carbonyl (C=O) groups is 2. The van der Waals surface area contributed by atoms with Crippen LogP contribution in [0, 0.1) is 20.8 Å². The molecular formula is C26H27NO5. The minimum atomic E-state index is -1.14. The quantitative estimate of drug-likeness (QED) is 0.510. The normalized spacial score (nSPS) is 11.4. The number of benzene rings is 3. The van der Waals surface area contributed by atoms with Crippen molar-refractivity contribution < 1.29 is 23.8 Å². The first kappa shape index (κ1) is 22.9.